The molecule has 0 saturated heterocycles. The topological polar surface area (TPSA) is 69.2 Å². The van der Waals surface area contributed by atoms with Crippen molar-refractivity contribution in [1.82, 2.24) is 5.43 Å². The van der Waals surface area contributed by atoms with Gasteiger partial charge in [0.15, 0.2) is 11.5 Å². The zero-order valence-corrected chi connectivity index (χ0v) is 14.2. The molecule has 1 N–H and O–H groups in total. The fourth-order valence-electron chi connectivity index (χ4n) is 1.58. The van der Waals surface area contributed by atoms with Gasteiger partial charge in [0.25, 0.3) is 5.91 Å². The Morgan fingerprint density at radius 3 is 1.91 bits per heavy atom. The fraction of sp³-hybridized carbons (Fsp3) is 0.500. The van der Waals surface area contributed by atoms with Crippen molar-refractivity contribution in [2.45, 2.75) is 27.7 Å². The number of amides is 1. The molecule has 0 radical (unpaired) electrons. The van der Waals surface area contributed by atoms with Gasteiger partial charge in [-0.3, -0.25) is 4.79 Å². The van der Waals surface area contributed by atoms with E-state index in [1.165, 1.54) is 21.3 Å². The SMILES string of the molecule is COc1cc(C(=O)N/N=C(/C)C(C)(C)C)cc(OC)c1OC. The largest absolute Gasteiger partial charge is 0.493 e. The van der Waals surface area contributed by atoms with Crippen molar-refractivity contribution in [2.75, 3.05) is 21.3 Å². The van der Waals surface area contributed by atoms with Crippen molar-refractivity contribution in [3.8, 4) is 17.2 Å². The van der Waals surface area contributed by atoms with Gasteiger partial charge >= 0.3 is 0 Å². The Hall–Kier alpha value is -2.24. The zero-order valence-electron chi connectivity index (χ0n) is 14.2. The molecule has 1 aromatic carbocycles. The normalized spacial score (nSPS) is 11.9. The minimum Gasteiger partial charge on any atom is -0.493 e. The van der Waals surface area contributed by atoms with Crippen LogP contribution in [0.25, 0.3) is 0 Å². The Kier molecular flexibility index (Phi) is 5.79. The summed E-state index contributed by atoms with van der Waals surface area (Å²) in [5.41, 5.74) is 3.64. The Labute approximate surface area is 131 Å². The van der Waals surface area contributed by atoms with E-state index in [0.717, 1.165) is 5.71 Å². The lowest BCUT2D eigenvalue weighted by atomic mass is 9.91. The lowest BCUT2D eigenvalue weighted by Crippen LogP contribution is -2.24. The Morgan fingerprint density at radius 2 is 1.55 bits per heavy atom. The van der Waals surface area contributed by atoms with Gasteiger partial charge in [0.05, 0.1) is 21.3 Å². The second-order valence-corrected chi connectivity index (χ2v) is 5.80. The molecule has 0 aliphatic carbocycles. The van der Waals surface area contributed by atoms with Gasteiger partial charge in [0, 0.05) is 16.7 Å². The number of rotatable bonds is 5. The van der Waals surface area contributed by atoms with Crippen LogP contribution in [-0.4, -0.2) is 32.9 Å². The zero-order chi connectivity index (χ0) is 16.9. The molecule has 0 spiro atoms. The molecule has 0 bridgehead atoms. The Bertz CT molecular complexity index is 549. The van der Waals surface area contributed by atoms with Crippen molar-refractivity contribution in [3.05, 3.63) is 17.7 Å². The third-order valence-electron chi connectivity index (χ3n) is 3.34. The maximum absolute atomic E-state index is 12.2. The average molecular weight is 308 g/mol. The summed E-state index contributed by atoms with van der Waals surface area (Å²) in [5.74, 6) is 0.936. The molecule has 0 unspecified atom stereocenters. The van der Waals surface area contributed by atoms with Gasteiger partial charge in [-0.05, 0) is 19.1 Å². The fourth-order valence-corrected chi connectivity index (χ4v) is 1.58. The number of hydrogen-bond acceptors (Lipinski definition) is 5. The number of benzene rings is 1. The van der Waals surface area contributed by atoms with Gasteiger partial charge in [-0.25, -0.2) is 5.43 Å². The molecule has 6 heteroatoms. The highest BCUT2D eigenvalue weighted by molar-refractivity contribution is 5.97. The molecule has 122 valence electrons. The molecule has 0 aliphatic heterocycles. The van der Waals surface area contributed by atoms with Crippen LogP contribution in [-0.2, 0) is 0 Å². The predicted octanol–water partition coefficient (Wildman–Crippen LogP) is 2.86. The summed E-state index contributed by atoms with van der Waals surface area (Å²) in [6.45, 7) is 7.95. The van der Waals surface area contributed by atoms with Crippen LogP contribution in [0.4, 0.5) is 0 Å². The number of hydrogen-bond donors (Lipinski definition) is 1. The molecule has 1 amide bonds. The summed E-state index contributed by atoms with van der Waals surface area (Å²) < 4.78 is 15.7. The lowest BCUT2D eigenvalue weighted by molar-refractivity contribution is 0.0953. The van der Waals surface area contributed by atoms with E-state index in [9.17, 15) is 4.79 Å². The van der Waals surface area contributed by atoms with Gasteiger partial charge < -0.3 is 14.2 Å². The molecule has 22 heavy (non-hydrogen) atoms. The molecule has 0 heterocycles. The summed E-state index contributed by atoms with van der Waals surface area (Å²) in [6, 6.07) is 3.16. The average Bonchev–Trinajstić information content (AvgIpc) is 2.49. The van der Waals surface area contributed by atoms with Gasteiger partial charge in [0.1, 0.15) is 0 Å². The number of carbonyl (C=O) groups excluding carboxylic acids is 1. The summed E-state index contributed by atoms with van der Waals surface area (Å²) in [6.07, 6.45) is 0. The summed E-state index contributed by atoms with van der Waals surface area (Å²) in [5, 5.41) is 4.13. The predicted molar refractivity (Wildman–Crippen MR) is 86.1 cm³/mol. The van der Waals surface area contributed by atoms with Gasteiger partial charge in [-0.15, -0.1) is 0 Å². The number of methoxy groups -OCH3 is 3. The second kappa shape index (κ2) is 7.15. The van der Waals surface area contributed by atoms with E-state index in [2.05, 4.69) is 10.5 Å². The highest BCUT2D eigenvalue weighted by Gasteiger charge is 2.18. The number of nitrogens with one attached hydrogen (secondary N) is 1. The first-order chi connectivity index (χ1) is 10.2. The highest BCUT2D eigenvalue weighted by Crippen LogP contribution is 2.38. The molecule has 0 saturated carbocycles. The van der Waals surface area contributed by atoms with E-state index in [1.54, 1.807) is 12.1 Å². The van der Waals surface area contributed by atoms with Crippen LogP contribution in [0.15, 0.2) is 17.2 Å². The molecule has 1 aromatic rings. The summed E-state index contributed by atoms with van der Waals surface area (Å²) in [7, 11) is 4.51. The van der Waals surface area contributed by atoms with Gasteiger partial charge in [0.2, 0.25) is 5.75 Å². The van der Waals surface area contributed by atoms with Crippen LogP contribution < -0.4 is 19.6 Å². The van der Waals surface area contributed by atoms with Crippen molar-refractivity contribution >= 4 is 11.6 Å². The first-order valence-corrected chi connectivity index (χ1v) is 6.89. The number of carbonyl (C=O) groups is 1. The molecule has 6 nitrogen and oxygen atoms in total. The molecule has 0 fully saturated rings. The third kappa shape index (κ3) is 4.13. The molecular weight excluding hydrogens is 284 g/mol. The highest BCUT2D eigenvalue weighted by atomic mass is 16.5. The van der Waals surface area contributed by atoms with E-state index in [4.69, 9.17) is 14.2 Å². The quantitative estimate of drug-likeness (QED) is 0.671. The number of hydrazone groups is 1. The molecule has 0 aromatic heterocycles. The Balaban J connectivity index is 3.09. The maximum atomic E-state index is 12.2. The van der Waals surface area contributed by atoms with E-state index in [-0.39, 0.29) is 11.3 Å². The van der Waals surface area contributed by atoms with Crippen LogP contribution in [0, 0.1) is 5.41 Å². The van der Waals surface area contributed by atoms with Crippen molar-refractivity contribution in [3.63, 3.8) is 0 Å². The van der Waals surface area contributed by atoms with Crippen molar-refractivity contribution < 1.29 is 19.0 Å². The molecule has 0 aliphatic rings. The van der Waals surface area contributed by atoms with Crippen molar-refractivity contribution in [1.29, 1.82) is 0 Å². The molecule has 1 rings (SSSR count). The molecular formula is C16H24N2O4. The van der Waals surface area contributed by atoms with Crippen LogP contribution in [0.1, 0.15) is 38.1 Å². The smallest absolute Gasteiger partial charge is 0.271 e. The van der Waals surface area contributed by atoms with Crippen molar-refractivity contribution in [2.24, 2.45) is 10.5 Å². The lowest BCUT2D eigenvalue weighted by Gasteiger charge is -2.17. The van der Waals surface area contributed by atoms with Gasteiger partial charge in [-0.1, -0.05) is 20.8 Å². The number of ether oxygens (including phenoxy) is 3. The minimum absolute atomic E-state index is 0.109. The van der Waals surface area contributed by atoms with E-state index >= 15 is 0 Å². The monoisotopic (exact) mass is 308 g/mol. The minimum atomic E-state index is -0.345. The van der Waals surface area contributed by atoms with E-state index < -0.39 is 0 Å². The maximum Gasteiger partial charge on any atom is 0.271 e. The Morgan fingerprint density at radius 1 is 1.05 bits per heavy atom. The number of nitrogens with zero attached hydrogens (tertiary/aromatic N) is 1. The van der Waals surface area contributed by atoms with Crippen LogP contribution in [0.2, 0.25) is 0 Å². The van der Waals surface area contributed by atoms with E-state index in [1.807, 2.05) is 27.7 Å². The second-order valence-electron chi connectivity index (χ2n) is 5.80. The standard InChI is InChI=1S/C16H24N2O4/c1-10(16(2,3)4)17-18-15(19)11-8-12(20-5)14(22-7)13(9-11)21-6/h8-9H,1-7H3,(H,18,19)/b17-10-. The van der Waals surface area contributed by atoms with E-state index in [0.29, 0.717) is 22.8 Å². The van der Waals surface area contributed by atoms with Crippen LogP contribution in [0.3, 0.4) is 0 Å². The van der Waals surface area contributed by atoms with Crippen LogP contribution >= 0.6 is 0 Å². The summed E-state index contributed by atoms with van der Waals surface area (Å²) >= 11 is 0. The first kappa shape index (κ1) is 17.8. The first-order valence-electron chi connectivity index (χ1n) is 6.89. The molecule has 0 atom stereocenters. The third-order valence-corrected chi connectivity index (χ3v) is 3.34. The van der Waals surface area contributed by atoms with Gasteiger partial charge in [-0.2, -0.15) is 5.10 Å². The summed E-state index contributed by atoms with van der Waals surface area (Å²) in [4.78, 5) is 12.2. The van der Waals surface area contributed by atoms with Crippen LogP contribution in [0.5, 0.6) is 17.2 Å².